The van der Waals surface area contributed by atoms with Gasteiger partial charge in [0.1, 0.15) is 0 Å². The van der Waals surface area contributed by atoms with Gasteiger partial charge in [-0.05, 0) is 41.2 Å². The van der Waals surface area contributed by atoms with Crippen LogP contribution in [-0.4, -0.2) is 26.8 Å². The maximum Gasteiger partial charge on any atom is 0.242 e. The van der Waals surface area contributed by atoms with E-state index < -0.39 is 10.0 Å². The molecule has 0 heterocycles. The van der Waals surface area contributed by atoms with Crippen molar-refractivity contribution >= 4 is 10.0 Å². The lowest BCUT2D eigenvalue weighted by atomic mass is 9.87. The zero-order chi connectivity index (χ0) is 19.5. The number of sulfonamides is 1. The summed E-state index contributed by atoms with van der Waals surface area (Å²) < 4.78 is 25.5. The SMILES string of the molecule is CC(NCc1ccc(C(C)(C)C)cc1)c1ccc(S(=O)(=O)N(C)C)cc1. The molecule has 0 aliphatic heterocycles. The second kappa shape index (κ2) is 7.91. The molecule has 0 aliphatic carbocycles. The number of nitrogens with zero attached hydrogens (tertiary/aromatic N) is 1. The van der Waals surface area contributed by atoms with Crippen molar-refractivity contribution in [2.45, 2.75) is 50.6 Å². The van der Waals surface area contributed by atoms with E-state index in [9.17, 15) is 8.42 Å². The third-order valence-electron chi connectivity index (χ3n) is 4.59. The predicted octanol–water partition coefficient (Wildman–Crippen LogP) is 4.09. The Bertz CT molecular complexity index is 818. The normalized spacial score (nSPS) is 13.8. The molecule has 4 nitrogen and oxygen atoms in total. The van der Waals surface area contributed by atoms with Gasteiger partial charge in [-0.25, -0.2) is 12.7 Å². The molecule has 1 unspecified atom stereocenters. The lowest BCUT2D eigenvalue weighted by Crippen LogP contribution is -2.22. The molecule has 0 saturated carbocycles. The molecule has 0 fully saturated rings. The molecule has 0 aromatic heterocycles. The summed E-state index contributed by atoms with van der Waals surface area (Å²) in [4.78, 5) is 0.316. The van der Waals surface area contributed by atoms with Crippen molar-refractivity contribution in [3.63, 3.8) is 0 Å². The fourth-order valence-corrected chi connectivity index (χ4v) is 3.55. The molecule has 1 atom stereocenters. The third kappa shape index (κ3) is 4.93. The highest BCUT2D eigenvalue weighted by atomic mass is 32.2. The molecule has 26 heavy (non-hydrogen) atoms. The number of hydrogen-bond donors (Lipinski definition) is 1. The summed E-state index contributed by atoms with van der Waals surface area (Å²) in [5, 5.41) is 3.49. The molecule has 0 amide bonds. The van der Waals surface area contributed by atoms with Crippen LogP contribution < -0.4 is 5.32 Å². The highest BCUT2D eigenvalue weighted by molar-refractivity contribution is 7.89. The standard InChI is InChI=1S/C21H30N2O2S/c1-16(18-9-13-20(14-10-18)26(24,25)23(5)6)22-15-17-7-11-19(12-8-17)21(2,3)4/h7-14,16,22H,15H2,1-6H3. The summed E-state index contributed by atoms with van der Waals surface area (Å²) in [5.74, 6) is 0. The van der Waals surface area contributed by atoms with Crippen molar-refractivity contribution in [2.24, 2.45) is 0 Å². The molecule has 1 N–H and O–H groups in total. The number of hydrogen-bond acceptors (Lipinski definition) is 3. The minimum Gasteiger partial charge on any atom is -0.306 e. The molecule has 0 aliphatic rings. The van der Waals surface area contributed by atoms with Crippen LogP contribution in [0, 0.1) is 0 Å². The van der Waals surface area contributed by atoms with Crippen molar-refractivity contribution in [2.75, 3.05) is 14.1 Å². The Kier molecular flexibility index (Phi) is 6.27. The highest BCUT2D eigenvalue weighted by Gasteiger charge is 2.17. The van der Waals surface area contributed by atoms with Gasteiger partial charge in [0.2, 0.25) is 10.0 Å². The van der Waals surface area contributed by atoms with E-state index in [2.05, 4.69) is 57.3 Å². The Labute approximate surface area is 158 Å². The van der Waals surface area contributed by atoms with Crippen molar-refractivity contribution in [3.05, 3.63) is 65.2 Å². The monoisotopic (exact) mass is 374 g/mol. The van der Waals surface area contributed by atoms with Gasteiger partial charge in [0, 0.05) is 26.7 Å². The molecule has 0 spiro atoms. The Balaban J connectivity index is 2.01. The smallest absolute Gasteiger partial charge is 0.242 e. The lowest BCUT2D eigenvalue weighted by molar-refractivity contribution is 0.520. The first-order chi connectivity index (χ1) is 12.0. The van der Waals surface area contributed by atoms with E-state index in [0.29, 0.717) is 4.90 Å². The maximum absolute atomic E-state index is 12.1. The average Bonchev–Trinajstić information content (AvgIpc) is 2.59. The van der Waals surface area contributed by atoms with Crippen LogP contribution in [0.5, 0.6) is 0 Å². The second-order valence-corrected chi connectivity index (χ2v) is 10.1. The van der Waals surface area contributed by atoms with Gasteiger partial charge in [-0.3, -0.25) is 0 Å². The second-order valence-electron chi connectivity index (χ2n) is 7.91. The first kappa shape index (κ1) is 20.6. The van der Waals surface area contributed by atoms with E-state index in [1.165, 1.54) is 15.4 Å². The fourth-order valence-electron chi connectivity index (χ4n) is 2.65. The zero-order valence-electron chi connectivity index (χ0n) is 16.6. The highest BCUT2D eigenvalue weighted by Crippen LogP contribution is 2.23. The largest absolute Gasteiger partial charge is 0.306 e. The molecular formula is C21H30N2O2S. The first-order valence-electron chi connectivity index (χ1n) is 8.87. The van der Waals surface area contributed by atoms with E-state index in [1.54, 1.807) is 26.2 Å². The Morgan fingerprint density at radius 2 is 1.50 bits per heavy atom. The van der Waals surface area contributed by atoms with Crippen molar-refractivity contribution in [3.8, 4) is 0 Å². The van der Waals surface area contributed by atoms with Crippen LogP contribution in [0.4, 0.5) is 0 Å². The van der Waals surface area contributed by atoms with Gasteiger partial charge in [-0.2, -0.15) is 0 Å². The molecule has 0 bridgehead atoms. The lowest BCUT2D eigenvalue weighted by Gasteiger charge is -2.20. The van der Waals surface area contributed by atoms with Crippen LogP contribution in [0.15, 0.2) is 53.4 Å². The molecule has 2 rings (SSSR count). The van der Waals surface area contributed by atoms with Crippen molar-refractivity contribution < 1.29 is 8.42 Å². The molecule has 2 aromatic rings. The van der Waals surface area contributed by atoms with Gasteiger partial charge in [-0.1, -0.05) is 57.2 Å². The summed E-state index contributed by atoms with van der Waals surface area (Å²) in [6.07, 6.45) is 0. The Morgan fingerprint density at radius 1 is 0.962 bits per heavy atom. The molecule has 5 heteroatoms. The van der Waals surface area contributed by atoms with E-state index in [1.807, 2.05) is 12.1 Å². The van der Waals surface area contributed by atoms with Crippen LogP contribution in [-0.2, 0) is 22.0 Å². The quantitative estimate of drug-likeness (QED) is 0.829. The number of benzene rings is 2. The molecule has 142 valence electrons. The van der Waals surface area contributed by atoms with Crippen LogP contribution in [0.25, 0.3) is 0 Å². The summed E-state index contributed by atoms with van der Waals surface area (Å²) in [6, 6.07) is 15.9. The first-order valence-corrected chi connectivity index (χ1v) is 10.3. The van der Waals surface area contributed by atoms with Gasteiger partial charge in [-0.15, -0.1) is 0 Å². The summed E-state index contributed by atoms with van der Waals surface area (Å²) in [7, 11) is -0.298. The number of rotatable bonds is 6. The fraction of sp³-hybridized carbons (Fsp3) is 0.429. The zero-order valence-corrected chi connectivity index (χ0v) is 17.4. The maximum atomic E-state index is 12.1. The predicted molar refractivity (Wildman–Crippen MR) is 108 cm³/mol. The number of nitrogens with one attached hydrogen (secondary N) is 1. The van der Waals surface area contributed by atoms with Crippen LogP contribution in [0.3, 0.4) is 0 Å². The Morgan fingerprint density at radius 3 is 1.96 bits per heavy atom. The Hall–Kier alpha value is -1.69. The van der Waals surface area contributed by atoms with E-state index in [-0.39, 0.29) is 11.5 Å². The van der Waals surface area contributed by atoms with Gasteiger partial charge >= 0.3 is 0 Å². The topological polar surface area (TPSA) is 49.4 Å². The van der Waals surface area contributed by atoms with Gasteiger partial charge < -0.3 is 5.32 Å². The molecular weight excluding hydrogens is 344 g/mol. The van der Waals surface area contributed by atoms with Crippen LogP contribution in [0.1, 0.15) is 50.4 Å². The van der Waals surface area contributed by atoms with Gasteiger partial charge in [0.25, 0.3) is 0 Å². The third-order valence-corrected chi connectivity index (χ3v) is 6.42. The van der Waals surface area contributed by atoms with Crippen LogP contribution >= 0.6 is 0 Å². The van der Waals surface area contributed by atoms with Gasteiger partial charge in [0.15, 0.2) is 0 Å². The average molecular weight is 375 g/mol. The summed E-state index contributed by atoms with van der Waals surface area (Å²) >= 11 is 0. The molecule has 0 saturated heterocycles. The molecule has 2 aromatic carbocycles. The van der Waals surface area contributed by atoms with Crippen molar-refractivity contribution in [1.82, 2.24) is 9.62 Å². The van der Waals surface area contributed by atoms with E-state index in [0.717, 1.165) is 12.1 Å². The molecule has 0 radical (unpaired) electrons. The van der Waals surface area contributed by atoms with Gasteiger partial charge in [0.05, 0.1) is 4.90 Å². The summed E-state index contributed by atoms with van der Waals surface area (Å²) in [6.45, 7) is 9.48. The van der Waals surface area contributed by atoms with Crippen LogP contribution in [0.2, 0.25) is 0 Å². The summed E-state index contributed by atoms with van der Waals surface area (Å²) in [5.41, 5.74) is 3.78. The van der Waals surface area contributed by atoms with E-state index in [4.69, 9.17) is 0 Å². The minimum atomic E-state index is -3.38. The minimum absolute atomic E-state index is 0.133. The van der Waals surface area contributed by atoms with E-state index >= 15 is 0 Å². The van der Waals surface area contributed by atoms with Crippen molar-refractivity contribution in [1.29, 1.82) is 0 Å².